The molecule has 3 fully saturated rings. The van der Waals surface area contributed by atoms with Gasteiger partial charge in [0.2, 0.25) is 0 Å². The van der Waals surface area contributed by atoms with Crippen molar-refractivity contribution in [2.45, 2.75) is 67.7 Å². The van der Waals surface area contributed by atoms with E-state index in [-0.39, 0.29) is 23.7 Å². The fourth-order valence-electron chi connectivity index (χ4n) is 7.56. The zero-order valence-electron chi connectivity index (χ0n) is 19.9. The van der Waals surface area contributed by atoms with E-state index in [1.54, 1.807) is 30.1 Å². The topological polar surface area (TPSA) is 86.4 Å². The first-order chi connectivity index (χ1) is 16.9. The van der Waals surface area contributed by atoms with E-state index in [1.807, 2.05) is 6.07 Å². The highest BCUT2D eigenvalue weighted by Gasteiger charge is 2.73. The van der Waals surface area contributed by atoms with Crippen LogP contribution < -0.4 is 4.74 Å². The van der Waals surface area contributed by atoms with Gasteiger partial charge in [-0.05, 0) is 80.7 Å². The molecule has 7 heteroatoms. The van der Waals surface area contributed by atoms with Gasteiger partial charge in [0.15, 0.2) is 17.3 Å². The minimum Gasteiger partial charge on any atom is -0.504 e. The number of carbonyl (C=O) groups is 1. The number of phenolic OH excluding ortho intramolecular Hbond substituents is 1. The molecule has 2 saturated carbocycles. The van der Waals surface area contributed by atoms with Gasteiger partial charge in [0.25, 0.3) is 5.91 Å². The normalized spacial score (nSPS) is 34.4. The Labute approximate surface area is 204 Å². The highest BCUT2D eigenvalue weighted by atomic mass is 16.5. The summed E-state index contributed by atoms with van der Waals surface area (Å²) in [7, 11) is 1.76. The molecule has 2 N–H and O–H groups in total. The number of carbonyl (C=O) groups excluding carboxylic acids is 1. The van der Waals surface area contributed by atoms with Crippen molar-refractivity contribution < 1.29 is 24.2 Å². The van der Waals surface area contributed by atoms with Crippen molar-refractivity contribution >= 4 is 5.91 Å². The lowest BCUT2D eigenvalue weighted by atomic mass is 9.48. The van der Waals surface area contributed by atoms with Gasteiger partial charge in [-0.3, -0.25) is 9.69 Å². The molecule has 7 rings (SSSR count). The third-order valence-corrected chi connectivity index (χ3v) is 9.36. The molecule has 2 bridgehead atoms. The lowest BCUT2D eigenvalue weighted by Crippen LogP contribution is -2.78. The van der Waals surface area contributed by atoms with Gasteiger partial charge in [0.05, 0.1) is 23.3 Å². The van der Waals surface area contributed by atoms with Crippen LogP contribution in [0, 0.1) is 17.8 Å². The van der Waals surface area contributed by atoms with Crippen LogP contribution in [0.2, 0.25) is 0 Å². The molecule has 0 unspecified atom stereocenters. The number of benzene rings is 1. The number of amides is 1. The van der Waals surface area contributed by atoms with E-state index in [9.17, 15) is 15.0 Å². The molecule has 182 valence electrons. The Balaban J connectivity index is 1.29. The number of hydrogen-bond acceptors (Lipinski definition) is 6. The first-order valence-corrected chi connectivity index (χ1v) is 12.7. The second kappa shape index (κ2) is 7.28. The standard InChI is InChI=1S/C28H30N2O5/c1-29(23(32)9-7-19-3-2-14-34-19)20-10-11-28(33)22-15-18-6-8-21(31)25-24(18)27(28,26(20)35-25)12-13-30(22)16-17-4-5-17/h2-3,6,8,14,17,20,22,26,31,33H,4-5,10-13,15-16H2,1H3/t20-,22-,26-,27-,28+/m0/s1. The Morgan fingerprint density at radius 1 is 1.26 bits per heavy atom. The molecule has 1 spiro atoms. The zero-order valence-corrected chi connectivity index (χ0v) is 19.9. The van der Waals surface area contributed by atoms with Crippen LogP contribution in [0.3, 0.4) is 0 Å². The number of ether oxygens (including phenoxy) is 1. The SMILES string of the molecule is CN(C(=O)C#Cc1ccco1)[C@H]1CC[C@@]2(O)[C@@H]3Cc4ccc(O)c5c4[C@@]2(CCN3CC2CC2)[C@H]1O5. The summed E-state index contributed by atoms with van der Waals surface area (Å²) in [5.41, 5.74) is 0.518. The predicted octanol–water partition coefficient (Wildman–Crippen LogP) is 2.43. The number of furan rings is 1. The monoisotopic (exact) mass is 474 g/mol. The van der Waals surface area contributed by atoms with E-state index >= 15 is 0 Å². The van der Waals surface area contributed by atoms with Crippen molar-refractivity contribution in [1.82, 2.24) is 9.80 Å². The Bertz CT molecular complexity index is 1260. The van der Waals surface area contributed by atoms with Crippen LogP contribution in [0.25, 0.3) is 0 Å². The third-order valence-electron chi connectivity index (χ3n) is 9.36. The highest BCUT2D eigenvalue weighted by Crippen LogP contribution is 2.66. The summed E-state index contributed by atoms with van der Waals surface area (Å²) in [5, 5.41) is 23.3. The van der Waals surface area contributed by atoms with E-state index < -0.39 is 17.1 Å². The first-order valence-electron chi connectivity index (χ1n) is 12.7. The third kappa shape index (κ3) is 2.84. The molecule has 1 saturated heterocycles. The summed E-state index contributed by atoms with van der Waals surface area (Å²) in [6, 6.07) is 6.93. The largest absolute Gasteiger partial charge is 0.504 e. The van der Waals surface area contributed by atoms with Gasteiger partial charge in [-0.25, -0.2) is 0 Å². The predicted molar refractivity (Wildman–Crippen MR) is 127 cm³/mol. The molecular formula is C28H30N2O5. The summed E-state index contributed by atoms with van der Waals surface area (Å²) in [6.07, 6.45) is 6.36. The summed E-state index contributed by atoms with van der Waals surface area (Å²) in [4.78, 5) is 17.3. The number of aromatic hydroxyl groups is 1. The van der Waals surface area contributed by atoms with Gasteiger partial charge < -0.3 is 24.3 Å². The minimum atomic E-state index is -0.961. The summed E-state index contributed by atoms with van der Waals surface area (Å²) in [5.74, 6) is 6.97. The van der Waals surface area contributed by atoms with Gasteiger partial charge in [-0.15, -0.1) is 0 Å². The molecule has 1 aromatic heterocycles. The Kier molecular flexibility index (Phi) is 4.44. The molecule has 3 heterocycles. The van der Waals surface area contributed by atoms with Crippen molar-refractivity contribution in [3.8, 4) is 23.3 Å². The maximum absolute atomic E-state index is 13.1. The minimum absolute atomic E-state index is 0.0200. The van der Waals surface area contributed by atoms with Crippen molar-refractivity contribution in [2.75, 3.05) is 20.1 Å². The average molecular weight is 475 g/mol. The smallest absolute Gasteiger partial charge is 0.299 e. The van der Waals surface area contributed by atoms with Crippen molar-refractivity contribution in [1.29, 1.82) is 0 Å². The van der Waals surface area contributed by atoms with E-state index in [0.29, 0.717) is 24.4 Å². The van der Waals surface area contributed by atoms with E-state index in [2.05, 4.69) is 16.7 Å². The molecule has 35 heavy (non-hydrogen) atoms. The van der Waals surface area contributed by atoms with Crippen LogP contribution in [-0.2, 0) is 16.6 Å². The number of piperidine rings is 1. The van der Waals surface area contributed by atoms with Crippen LogP contribution in [-0.4, -0.2) is 69.8 Å². The maximum atomic E-state index is 13.1. The molecule has 2 aliphatic heterocycles. The van der Waals surface area contributed by atoms with Gasteiger partial charge in [-0.1, -0.05) is 6.07 Å². The van der Waals surface area contributed by atoms with Crippen molar-refractivity contribution in [3.63, 3.8) is 0 Å². The average Bonchev–Trinajstić information content (AvgIpc) is 3.36. The molecule has 5 aliphatic rings. The molecule has 2 aromatic rings. The number of phenols is 1. The number of likely N-dealkylation sites (tertiary alicyclic amines) is 1. The molecule has 1 amide bonds. The molecule has 7 nitrogen and oxygen atoms in total. The molecule has 3 aliphatic carbocycles. The van der Waals surface area contributed by atoms with Gasteiger partial charge in [-0.2, -0.15) is 0 Å². The van der Waals surface area contributed by atoms with Crippen molar-refractivity contribution in [3.05, 3.63) is 47.4 Å². The van der Waals surface area contributed by atoms with Crippen LogP contribution in [0.4, 0.5) is 0 Å². The van der Waals surface area contributed by atoms with Gasteiger partial charge in [0.1, 0.15) is 6.10 Å². The van der Waals surface area contributed by atoms with Crippen molar-refractivity contribution in [2.24, 2.45) is 5.92 Å². The number of hydrogen-bond donors (Lipinski definition) is 2. The van der Waals surface area contributed by atoms with Crippen LogP contribution >= 0.6 is 0 Å². The Morgan fingerprint density at radius 3 is 2.89 bits per heavy atom. The summed E-state index contributed by atoms with van der Waals surface area (Å²) < 4.78 is 11.8. The summed E-state index contributed by atoms with van der Waals surface area (Å²) in [6.45, 7) is 1.93. The number of rotatable bonds is 3. The quantitative estimate of drug-likeness (QED) is 0.665. The second-order valence-corrected chi connectivity index (χ2v) is 11.0. The van der Waals surface area contributed by atoms with E-state index in [1.165, 1.54) is 19.1 Å². The van der Waals surface area contributed by atoms with Gasteiger partial charge in [0, 0.05) is 31.1 Å². The molecular weight excluding hydrogens is 444 g/mol. The van der Waals surface area contributed by atoms with Crippen LogP contribution in [0.5, 0.6) is 11.5 Å². The molecule has 5 atom stereocenters. The maximum Gasteiger partial charge on any atom is 0.299 e. The van der Waals surface area contributed by atoms with E-state index in [0.717, 1.165) is 43.0 Å². The van der Waals surface area contributed by atoms with Crippen LogP contribution in [0.15, 0.2) is 34.9 Å². The zero-order chi connectivity index (χ0) is 23.9. The second-order valence-electron chi connectivity index (χ2n) is 11.0. The fraction of sp³-hybridized carbons (Fsp3) is 0.536. The van der Waals surface area contributed by atoms with Gasteiger partial charge >= 0.3 is 0 Å². The Hall–Kier alpha value is -2.95. The first kappa shape index (κ1) is 21.3. The lowest BCUT2D eigenvalue weighted by molar-refractivity contribution is -0.199. The molecule has 1 aromatic carbocycles. The summed E-state index contributed by atoms with van der Waals surface area (Å²) >= 11 is 0. The number of nitrogens with zero attached hydrogens (tertiary/aromatic N) is 2. The number of aliphatic hydroxyl groups is 1. The highest BCUT2D eigenvalue weighted by molar-refractivity contribution is 5.94. The van der Waals surface area contributed by atoms with E-state index in [4.69, 9.17) is 9.15 Å². The number of likely N-dealkylation sites (N-methyl/N-ethyl adjacent to an activating group) is 1. The Morgan fingerprint density at radius 2 is 2.11 bits per heavy atom. The van der Waals surface area contributed by atoms with Crippen LogP contribution in [0.1, 0.15) is 49.0 Å². The lowest BCUT2D eigenvalue weighted by Gasteiger charge is -2.64. The molecule has 0 radical (unpaired) electrons. The fourth-order valence-corrected chi connectivity index (χ4v) is 7.56.